The van der Waals surface area contributed by atoms with Crippen molar-refractivity contribution in [2.45, 2.75) is 44.2 Å². The highest BCUT2D eigenvalue weighted by Crippen LogP contribution is 2.54. The van der Waals surface area contributed by atoms with Crippen LogP contribution in [0, 0.1) is 6.92 Å². The van der Waals surface area contributed by atoms with E-state index >= 15 is 0 Å². The fraction of sp³-hybridized carbons (Fsp3) is 0.238. The van der Waals surface area contributed by atoms with Crippen LogP contribution in [0.1, 0.15) is 5.56 Å². The van der Waals surface area contributed by atoms with Crippen LogP contribution in [0.5, 0.6) is 0 Å². The molecule has 3 aromatic rings. The van der Waals surface area contributed by atoms with Crippen molar-refractivity contribution >= 4 is 32.3 Å². The van der Waals surface area contributed by atoms with Gasteiger partial charge in [-0.1, -0.05) is 47.7 Å². The minimum Gasteiger partial charge on any atom is -0.743 e. The van der Waals surface area contributed by atoms with Crippen LogP contribution in [0.3, 0.4) is 0 Å². The predicted molar refractivity (Wildman–Crippen MR) is 115 cm³/mol. The molecular formula is C21H15F9O3S3. The van der Waals surface area contributed by atoms with E-state index in [1.807, 2.05) is 11.3 Å². The first kappa shape index (κ1) is 30.0. The fourth-order valence-electron chi connectivity index (χ4n) is 2.51. The van der Waals surface area contributed by atoms with Gasteiger partial charge in [0, 0.05) is 6.07 Å². The molecule has 198 valence electrons. The summed E-state index contributed by atoms with van der Waals surface area (Å²) < 4.78 is 137. The van der Waals surface area contributed by atoms with Crippen LogP contribution in [-0.4, -0.2) is 36.2 Å². The number of thiophene rings is 1. The summed E-state index contributed by atoms with van der Waals surface area (Å²) in [4.78, 5) is 2.77. The van der Waals surface area contributed by atoms with E-state index in [0.29, 0.717) is 0 Å². The van der Waals surface area contributed by atoms with Gasteiger partial charge in [0.15, 0.2) is 19.9 Å². The van der Waals surface area contributed by atoms with Gasteiger partial charge in [0.1, 0.15) is 10.9 Å². The molecule has 0 amide bonds. The van der Waals surface area contributed by atoms with E-state index < -0.39 is 33.4 Å². The summed E-state index contributed by atoms with van der Waals surface area (Å²) in [5.41, 5.74) is 1.35. The first-order chi connectivity index (χ1) is 16.3. The minimum absolute atomic E-state index is 0.0247. The lowest BCUT2D eigenvalue weighted by Crippen LogP contribution is -2.63. The van der Waals surface area contributed by atoms with Crippen LogP contribution < -0.4 is 0 Å². The molecule has 15 heteroatoms. The van der Waals surface area contributed by atoms with Gasteiger partial charge in [-0.05, 0) is 42.1 Å². The molecule has 0 saturated heterocycles. The van der Waals surface area contributed by atoms with Crippen LogP contribution in [0.4, 0.5) is 39.5 Å². The summed E-state index contributed by atoms with van der Waals surface area (Å²) in [5.74, 6) is -14.8. The van der Waals surface area contributed by atoms with Gasteiger partial charge in [0.2, 0.25) is 4.21 Å². The second kappa shape index (κ2) is 10.6. The molecule has 1 aromatic heterocycles. The quantitative estimate of drug-likeness (QED) is 0.177. The SMILES string of the molecule is Cc1csc([S+](c2ccccc2)c2ccccc2)c1.O=S(=O)([O-])C(F)(F)C(F)(F)C(F)(F)C(F)(F)F. The molecule has 3 rings (SSSR count). The van der Waals surface area contributed by atoms with Crippen molar-refractivity contribution in [2.75, 3.05) is 0 Å². The maximum atomic E-state index is 12.2. The maximum absolute atomic E-state index is 12.2. The molecule has 0 aliphatic heterocycles. The lowest BCUT2D eigenvalue weighted by atomic mass is 10.1. The normalized spacial score (nSPS) is 13.3. The number of rotatable bonds is 6. The molecule has 3 nitrogen and oxygen atoms in total. The summed E-state index contributed by atoms with van der Waals surface area (Å²) in [6.45, 7) is 2.16. The molecular weight excluding hydrogens is 567 g/mol. The van der Waals surface area contributed by atoms with Crippen molar-refractivity contribution in [1.82, 2.24) is 0 Å². The fourth-order valence-corrected chi connectivity index (χ4v) is 6.58. The Kier molecular flexibility index (Phi) is 8.86. The number of halogens is 9. The molecule has 0 bridgehead atoms. The molecule has 0 unspecified atom stereocenters. The number of hydrogen-bond donors (Lipinski definition) is 0. The minimum atomic E-state index is -7.43. The molecule has 0 atom stereocenters. The smallest absolute Gasteiger partial charge is 0.460 e. The Labute approximate surface area is 206 Å². The largest absolute Gasteiger partial charge is 0.743 e. The molecule has 0 N–H and O–H groups in total. The molecule has 0 aliphatic carbocycles. The van der Waals surface area contributed by atoms with Gasteiger partial charge in [-0.3, -0.25) is 0 Å². The Hall–Kier alpha value is -2.23. The molecule has 0 fully saturated rings. The number of hydrogen-bond acceptors (Lipinski definition) is 4. The van der Waals surface area contributed by atoms with Crippen molar-refractivity contribution in [3.63, 3.8) is 0 Å². The molecule has 0 aliphatic rings. The van der Waals surface area contributed by atoms with Crippen molar-refractivity contribution < 1.29 is 52.5 Å². The third-order valence-corrected chi connectivity index (χ3v) is 8.82. The average molecular weight is 583 g/mol. The van der Waals surface area contributed by atoms with Gasteiger partial charge in [0.25, 0.3) is 0 Å². The highest BCUT2D eigenvalue weighted by atomic mass is 32.2. The second-order valence-corrected chi connectivity index (χ2v) is 11.6. The molecule has 0 radical (unpaired) electrons. The zero-order chi connectivity index (χ0) is 27.6. The van der Waals surface area contributed by atoms with E-state index in [0.717, 1.165) is 0 Å². The highest BCUT2D eigenvalue weighted by Gasteiger charge is 2.83. The second-order valence-electron chi connectivity index (χ2n) is 6.99. The number of aryl methyl sites for hydroxylation is 1. The van der Waals surface area contributed by atoms with Gasteiger partial charge >= 0.3 is 23.3 Å². The zero-order valence-corrected chi connectivity index (χ0v) is 20.2. The molecule has 1 heterocycles. The maximum Gasteiger partial charge on any atom is 0.460 e. The van der Waals surface area contributed by atoms with E-state index in [-0.39, 0.29) is 10.9 Å². The Morgan fingerprint density at radius 2 is 1.17 bits per heavy atom. The van der Waals surface area contributed by atoms with E-state index in [1.54, 1.807) is 0 Å². The molecule has 0 spiro atoms. The van der Waals surface area contributed by atoms with Crippen LogP contribution in [-0.2, 0) is 21.0 Å². The summed E-state index contributed by atoms with van der Waals surface area (Å²) in [5, 5.41) is -4.87. The summed E-state index contributed by atoms with van der Waals surface area (Å²) in [6, 6.07) is 23.9. The van der Waals surface area contributed by atoms with Crippen molar-refractivity contribution in [3.8, 4) is 0 Å². The van der Waals surface area contributed by atoms with Crippen molar-refractivity contribution in [3.05, 3.63) is 77.7 Å². The Balaban J connectivity index is 0.000000256. The van der Waals surface area contributed by atoms with E-state index in [2.05, 4.69) is 79.0 Å². The number of alkyl halides is 9. The molecule has 36 heavy (non-hydrogen) atoms. The number of benzene rings is 2. The van der Waals surface area contributed by atoms with Crippen molar-refractivity contribution in [1.29, 1.82) is 0 Å². The average Bonchev–Trinajstić information content (AvgIpc) is 3.20. The van der Waals surface area contributed by atoms with Gasteiger partial charge in [-0.15, -0.1) is 0 Å². The van der Waals surface area contributed by atoms with Crippen molar-refractivity contribution in [2.24, 2.45) is 0 Å². The van der Waals surface area contributed by atoms with Crippen LogP contribution in [0.15, 0.2) is 86.1 Å². The van der Waals surface area contributed by atoms with Crippen LogP contribution in [0.2, 0.25) is 0 Å². The monoisotopic (exact) mass is 582 g/mol. The predicted octanol–water partition coefficient (Wildman–Crippen LogP) is 7.11. The third-order valence-electron chi connectivity index (χ3n) is 4.30. The van der Waals surface area contributed by atoms with Crippen LogP contribution >= 0.6 is 11.3 Å². The summed E-state index contributed by atoms with van der Waals surface area (Å²) in [6.07, 6.45) is -7.16. The third kappa shape index (κ3) is 6.01. The lowest BCUT2D eigenvalue weighted by Gasteiger charge is -2.34. The van der Waals surface area contributed by atoms with Gasteiger partial charge in [-0.25, -0.2) is 8.42 Å². The first-order valence-electron chi connectivity index (χ1n) is 9.39. The Morgan fingerprint density at radius 1 is 0.750 bits per heavy atom. The lowest BCUT2D eigenvalue weighted by molar-refractivity contribution is -0.382. The first-order valence-corrected chi connectivity index (χ1v) is 12.9. The Morgan fingerprint density at radius 3 is 1.47 bits per heavy atom. The topological polar surface area (TPSA) is 57.2 Å². The summed E-state index contributed by atoms with van der Waals surface area (Å²) >= 11 is 1.86. The van der Waals surface area contributed by atoms with Gasteiger partial charge < -0.3 is 4.55 Å². The van der Waals surface area contributed by atoms with E-state index in [4.69, 9.17) is 0 Å². The summed E-state index contributed by atoms with van der Waals surface area (Å²) in [7, 11) is -7.39. The zero-order valence-electron chi connectivity index (χ0n) is 17.8. The highest BCUT2D eigenvalue weighted by molar-refractivity contribution is 7.98. The van der Waals surface area contributed by atoms with E-state index in [9.17, 15) is 52.5 Å². The standard InChI is InChI=1S/C17H15S2.C4HF9O3S/c1-14-12-17(18-13-14)19(15-8-4-2-5-9-15)16-10-6-3-7-11-16;5-1(6,3(9,10)11)2(7,8)4(12,13)17(14,15)16/h2-13H,1H3;(H,14,15,16)/q+1;/p-1. The van der Waals surface area contributed by atoms with Crippen LogP contribution in [0.25, 0.3) is 0 Å². The Bertz CT molecular complexity index is 1200. The van der Waals surface area contributed by atoms with E-state index in [1.165, 1.54) is 19.6 Å². The van der Waals surface area contributed by atoms with Gasteiger partial charge in [-0.2, -0.15) is 39.5 Å². The molecule has 2 aromatic carbocycles. The molecule has 0 saturated carbocycles. The van der Waals surface area contributed by atoms with Gasteiger partial charge in [0.05, 0.1) is 0 Å².